The summed E-state index contributed by atoms with van der Waals surface area (Å²) in [5.41, 5.74) is 5.92. The molecule has 12 heteroatoms. The van der Waals surface area contributed by atoms with Crippen molar-refractivity contribution >= 4 is 68.1 Å². The Morgan fingerprint density at radius 2 is 1.67 bits per heavy atom. The molecule has 2 N–H and O–H groups in total. The number of pyridine rings is 1. The number of piperidine rings is 1. The molecule has 4 aromatic rings. The lowest BCUT2D eigenvalue weighted by Gasteiger charge is -2.43. The molecule has 1 saturated carbocycles. The van der Waals surface area contributed by atoms with E-state index in [0.29, 0.717) is 28.2 Å². The van der Waals surface area contributed by atoms with Crippen molar-refractivity contribution in [3.05, 3.63) is 58.3 Å². The minimum atomic E-state index is -2.69. The molecular formula is C36H46BrN8O2P. The van der Waals surface area contributed by atoms with Crippen LogP contribution in [0.25, 0.3) is 10.9 Å². The zero-order chi connectivity index (χ0) is 33.6. The van der Waals surface area contributed by atoms with E-state index in [1.807, 2.05) is 12.1 Å². The maximum absolute atomic E-state index is 13.7. The number of fused-ring (bicyclic) bond motifs is 1. The van der Waals surface area contributed by atoms with Crippen molar-refractivity contribution < 1.29 is 9.30 Å². The predicted molar refractivity (Wildman–Crippen MR) is 201 cm³/mol. The number of rotatable bonds is 9. The van der Waals surface area contributed by atoms with Gasteiger partial charge in [-0.25, -0.2) is 4.98 Å². The maximum Gasteiger partial charge on any atom is 0.229 e. The SMILES string of the molecule is COc1cc(N2CCC(N3CCN(C)CC3)CC2)c(C)cc1Nc1ncc(Br)c(Nc2ccc3nc(C4CC4)ccc3c2P(C)(C)=O)n1. The van der Waals surface area contributed by atoms with Crippen LogP contribution in [-0.4, -0.2) is 97.5 Å². The van der Waals surface area contributed by atoms with Crippen LogP contribution in [0.1, 0.15) is 42.9 Å². The number of hydrogen-bond acceptors (Lipinski definition) is 10. The quantitative estimate of drug-likeness (QED) is 0.176. The van der Waals surface area contributed by atoms with Gasteiger partial charge in [0.15, 0.2) is 0 Å². The highest BCUT2D eigenvalue weighted by Gasteiger charge is 2.29. The summed E-state index contributed by atoms with van der Waals surface area (Å²) in [5.74, 6) is 2.29. The van der Waals surface area contributed by atoms with E-state index >= 15 is 0 Å². The minimum Gasteiger partial charge on any atom is -0.494 e. The van der Waals surface area contributed by atoms with E-state index in [1.165, 1.54) is 50.0 Å². The van der Waals surface area contributed by atoms with Gasteiger partial charge in [-0.3, -0.25) is 9.88 Å². The molecule has 7 rings (SSSR count). The van der Waals surface area contributed by atoms with Gasteiger partial charge in [-0.2, -0.15) is 4.98 Å². The number of halogens is 1. The van der Waals surface area contributed by atoms with Gasteiger partial charge in [-0.05, 0) is 98.7 Å². The Morgan fingerprint density at radius 1 is 0.917 bits per heavy atom. The number of benzene rings is 2. The first kappa shape index (κ1) is 33.3. The molecule has 0 radical (unpaired) electrons. The van der Waals surface area contributed by atoms with E-state index in [1.54, 1.807) is 26.6 Å². The topological polar surface area (TPSA) is 98.8 Å². The first-order chi connectivity index (χ1) is 23.1. The Hall–Kier alpha value is -3.24. The van der Waals surface area contributed by atoms with Gasteiger partial charge < -0.3 is 29.7 Å². The average molecular weight is 734 g/mol. The first-order valence-corrected chi connectivity index (χ1v) is 20.4. The lowest BCUT2D eigenvalue weighted by atomic mass is 10.0. The fourth-order valence-electron chi connectivity index (χ4n) is 7.20. The summed E-state index contributed by atoms with van der Waals surface area (Å²) in [5, 5.41) is 8.53. The van der Waals surface area contributed by atoms with E-state index in [9.17, 15) is 4.57 Å². The monoisotopic (exact) mass is 732 g/mol. The minimum absolute atomic E-state index is 0.424. The number of ether oxygens (including phenoxy) is 1. The normalized spacial score (nSPS) is 18.3. The molecule has 254 valence electrons. The van der Waals surface area contributed by atoms with Crippen LogP contribution in [0.4, 0.5) is 28.8 Å². The lowest BCUT2D eigenvalue weighted by molar-refractivity contribution is 0.0982. The third-order valence-electron chi connectivity index (χ3n) is 10.0. The number of nitrogens with zero attached hydrogens (tertiary/aromatic N) is 6. The average Bonchev–Trinajstić information content (AvgIpc) is 3.92. The molecule has 3 fully saturated rings. The Kier molecular flexibility index (Phi) is 9.41. The highest BCUT2D eigenvalue weighted by Crippen LogP contribution is 2.44. The van der Waals surface area contributed by atoms with Crippen molar-refractivity contribution in [3.63, 3.8) is 0 Å². The standard InChI is InChI=1S/C36H46BrN8O2P/c1-23-20-31(33(47-3)21-32(23)45-14-12-25(13-15-45)44-18-16-43(2)17-19-44)41-36-38-22-27(37)35(42-36)40-30-11-10-29-26(34(30)48(4,5)46)8-9-28(39-29)24-6-7-24/h8-11,20-22,24-25H,6-7,12-19H2,1-5H3,(H2,38,40,41,42). The number of piperazine rings is 1. The summed E-state index contributed by atoms with van der Waals surface area (Å²) in [6, 6.07) is 13.0. The van der Waals surface area contributed by atoms with Gasteiger partial charge in [0.2, 0.25) is 5.95 Å². The predicted octanol–water partition coefficient (Wildman–Crippen LogP) is 6.93. The van der Waals surface area contributed by atoms with Crippen molar-refractivity contribution in [2.24, 2.45) is 0 Å². The molecule has 2 aromatic carbocycles. The number of aromatic nitrogens is 3. The molecule has 2 aliphatic heterocycles. The third kappa shape index (κ3) is 7.06. The van der Waals surface area contributed by atoms with Gasteiger partial charge in [0.05, 0.1) is 28.5 Å². The van der Waals surface area contributed by atoms with Crippen LogP contribution < -0.4 is 25.6 Å². The largest absolute Gasteiger partial charge is 0.494 e. The van der Waals surface area contributed by atoms with Crippen molar-refractivity contribution in [1.82, 2.24) is 24.8 Å². The van der Waals surface area contributed by atoms with Crippen LogP contribution in [0, 0.1) is 6.92 Å². The molecule has 0 unspecified atom stereocenters. The fourth-order valence-corrected chi connectivity index (χ4v) is 8.97. The van der Waals surface area contributed by atoms with Crippen LogP contribution >= 0.6 is 23.1 Å². The summed E-state index contributed by atoms with van der Waals surface area (Å²) in [4.78, 5) is 21.9. The number of aryl methyl sites for hydroxylation is 1. The fraction of sp³-hybridized carbons (Fsp3) is 0.472. The van der Waals surface area contributed by atoms with E-state index in [-0.39, 0.29) is 0 Å². The molecule has 1 aliphatic carbocycles. The van der Waals surface area contributed by atoms with Crippen LogP contribution in [-0.2, 0) is 4.57 Å². The maximum atomic E-state index is 13.7. The van der Waals surface area contributed by atoms with Gasteiger partial charge in [0.25, 0.3) is 0 Å². The second kappa shape index (κ2) is 13.6. The summed E-state index contributed by atoms with van der Waals surface area (Å²) in [7, 11) is 1.23. The Labute approximate surface area is 292 Å². The molecule has 2 aromatic heterocycles. The number of likely N-dealkylation sites (N-methyl/N-ethyl adjacent to an activating group) is 1. The van der Waals surface area contributed by atoms with Crippen molar-refractivity contribution in [2.75, 3.05) is 82.3 Å². The van der Waals surface area contributed by atoms with Gasteiger partial charge in [0.1, 0.15) is 18.7 Å². The molecule has 10 nitrogen and oxygen atoms in total. The smallest absolute Gasteiger partial charge is 0.229 e. The van der Waals surface area contributed by atoms with E-state index in [4.69, 9.17) is 14.7 Å². The summed E-state index contributed by atoms with van der Waals surface area (Å²) < 4.78 is 20.2. The zero-order valence-corrected chi connectivity index (χ0v) is 31.1. The van der Waals surface area contributed by atoms with Crippen LogP contribution in [0.5, 0.6) is 5.75 Å². The van der Waals surface area contributed by atoms with Gasteiger partial charge in [0, 0.05) is 85.6 Å². The van der Waals surface area contributed by atoms with E-state index in [2.05, 4.69) is 84.5 Å². The summed E-state index contributed by atoms with van der Waals surface area (Å²) >= 11 is 3.62. The first-order valence-electron chi connectivity index (χ1n) is 17.0. The van der Waals surface area contributed by atoms with Crippen LogP contribution in [0.2, 0.25) is 0 Å². The number of methoxy groups -OCH3 is 1. The Balaban J connectivity index is 1.10. The number of hydrogen-bond donors (Lipinski definition) is 2. The molecule has 0 atom stereocenters. The van der Waals surface area contributed by atoms with Crippen molar-refractivity contribution in [2.45, 2.75) is 44.6 Å². The molecule has 3 aliphatic rings. The Morgan fingerprint density at radius 3 is 2.35 bits per heavy atom. The zero-order valence-electron chi connectivity index (χ0n) is 28.6. The van der Waals surface area contributed by atoms with Crippen molar-refractivity contribution in [1.29, 1.82) is 0 Å². The lowest BCUT2D eigenvalue weighted by Crippen LogP contribution is -2.52. The van der Waals surface area contributed by atoms with Crippen molar-refractivity contribution in [3.8, 4) is 5.75 Å². The van der Waals surface area contributed by atoms with E-state index in [0.717, 1.165) is 65.2 Å². The van der Waals surface area contributed by atoms with Gasteiger partial charge in [-0.1, -0.05) is 6.07 Å². The highest BCUT2D eigenvalue weighted by molar-refractivity contribution is 9.10. The molecule has 2 saturated heterocycles. The summed E-state index contributed by atoms with van der Waals surface area (Å²) in [6.07, 6.45) is 6.45. The molecule has 0 amide bonds. The molecule has 4 heterocycles. The Bertz CT molecular complexity index is 1860. The van der Waals surface area contributed by atoms with Gasteiger partial charge >= 0.3 is 0 Å². The highest BCUT2D eigenvalue weighted by atomic mass is 79.9. The second-order valence-corrected chi connectivity index (χ2v) is 17.9. The second-order valence-electron chi connectivity index (χ2n) is 13.9. The van der Waals surface area contributed by atoms with Crippen LogP contribution in [0.15, 0.2) is 47.1 Å². The molecular weight excluding hydrogens is 687 g/mol. The molecule has 0 bridgehead atoms. The number of nitrogens with one attached hydrogen (secondary N) is 2. The van der Waals surface area contributed by atoms with E-state index < -0.39 is 7.14 Å². The third-order valence-corrected chi connectivity index (χ3v) is 12.2. The van der Waals surface area contributed by atoms with Crippen LogP contribution in [0.3, 0.4) is 0 Å². The molecule has 48 heavy (non-hydrogen) atoms. The molecule has 0 spiro atoms. The van der Waals surface area contributed by atoms with Gasteiger partial charge in [-0.15, -0.1) is 0 Å². The summed E-state index contributed by atoms with van der Waals surface area (Å²) in [6.45, 7) is 12.5. The number of anilines is 5.